The summed E-state index contributed by atoms with van der Waals surface area (Å²) in [6.45, 7) is 3.33. The molecule has 0 bridgehead atoms. The summed E-state index contributed by atoms with van der Waals surface area (Å²) >= 11 is 0. The normalized spacial score (nSPS) is 12.4. The van der Waals surface area contributed by atoms with Gasteiger partial charge in [0.1, 0.15) is 12.1 Å². The van der Waals surface area contributed by atoms with Crippen molar-refractivity contribution in [3.05, 3.63) is 0 Å². The van der Waals surface area contributed by atoms with Crippen LogP contribution < -0.4 is 10.6 Å². The van der Waals surface area contributed by atoms with E-state index in [1.807, 2.05) is 0 Å². The van der Waals surface area contributed by atoms with E-state index < -0.39 is 24.5 Å². The molecule has 0 aliphatic carbocycles. The van der Waals surface area contributed by atoms with Crippen LogP contribution in [0.4, 0.5) is 0 Å². The first kappa shape index (κ1) is 40.8. The number of aliphatic carboxylic acids is 1. The van der Waals surface area contributed by atoms with E-state index in [0.717, 1.165) is 51.4 Å². The zero-order chi connectivity index (χ0) is 32.0. The van der Waals surface area contributed by atoms with Crippen LogP contribution in [0.1, 0.15) is 168 Å². The number of carboxylic acids is 1. The molecule has 9 heteroatoms. The fraction of sp³-hybridized carbons (Fsp3) is 0.882. The highest BCUT2D eigenvalue weighted by molar-refractivity contribution is 5.87. The zero-order valence-corrected chi connectivity index (χ0v) is 27.5. The number of hydrogen-bond donors (Lipinski definition) is 4. The number of rotatable bonds is 31. The summed E-state index contributed by atoms with van der Waals surface area (Å²) in [6.07, 6.45) is 26.2. The second-order valence-corrected chi connectivity index (χ2v) is 12.0. The number of carbonyl (C=O) groups is 4. The predicted molar refractivity (Wildman–Crippen MR) is 172 cm³/mol. The molecule has 2 amide bonds. The Morgan fingerprint density at radius 1 is 0.605 bits per heavy atom. The molecule has 0 aromatic rings. The van der Waals surface area contributed by atoms with Crippen molar-refractivity contribution >= 4 is 23.8 Å². The number of carbonyl (C=O) groups excluding carboxylic acids is 3. The Morgan fingerprint density at radius 3 is 1.58 bits per heavy atom. The molecule has 43 heavy (non-hydrogen) atoms. The first-order valence-electron chi connectivity index (χ1n) is 17.4. The van der Waals surface area contributed by atoms with Crippen LogP contribution in [0.25, 0.3) is 0 Å². The molecule has 0 rings (SSSR count). The lowest BCUT2D eigenvalue weighted by atomic mass is 10.0. The topological polar surface area (TPSA) is 142 Å². The summed E-state index contributed by atoms with van der Waals surface area (Å²) in [5.74, 6) is -2.39. The van der Waals surface area contributed by atoms with Gasteiger partial charge in [-0.25, -0.2) is 4.79 Å². The number of aliphatic hydroxyl groups excluding tert-OH is 1. The molecule has 2 unspecified atom stereocenters. The third kappa shape index (κ3) is 27.1. The van der Waals surface area contributed by atoms with Gasteiger partial charge in [-0.15, -0.1) is 0 Å². The van der Waals surface area contributed by atoms with Crippen molar-refractivity contribution in [3.63, 3.8) is 0 Å². The van der Waals surface area contributed by atoms with E-state index in [1.54, 1.807) is 0 Å². The van der Waals surface area contributed by atoms with E-state index in [4.69, 9.17) is 14.9 Å². The molecule has 0 aromatic carbocycles. The second kappa shape index (κ2) is 29.9. The Labute approximate surface area is 261 Å². The van der Waals surface area contributed by atoms with Gasteiger partial charge in [0, 0.05) is 12.8 Å². The van der Waals surface area contributed by atoms with Crippen LogP contribution >= 0.6 is 0 Å². The minimum Gasteiger partial charge on any atom is -0.480 e. The molecule has 0 heterocycles. The van der Waals surface area contributed by atoms with Crippen molar-refractivity contribution in [2.24, 2.45) is 0 Å². The maximum Gasteiger partial charge on any atom is 0.328 e. The molecular weight excluding hydrogens is 548 g/mol. The minimum atomic E-state index is -1.39. The van der Waals surface area contributed by atoms with Crippen LogP contribution in [0.5, 0.6) is 0 Å². The first-order chi connectivity index (χ1) is 20.8. The Hall–Kier alpha value is -2.16. The number of unbranched alkanes of at least 4 members (excludes halogenated alkanes) is 17. The fourth-order valence-electron chi connectivity index (χ4n) is 5.11. The molecule has 252 valence electrons. The number of hydrogen-bond acceptors (Lipinski definition) is 6. The third-order valence-electron chi connectivity index (χ3n) is 7.85. The summed E-state index contributed by atoms with van der Waals surface area (Å²) in [5.41, 5.74) is 0. The molecule has 0 spiro atoms. The molecule has 0 aliphatic rings. The minimum absolute atomic E-state index is 0.0741. The molecule has 0 aliphatic heterocycles. The predicted octanol–water partition coefficient (Wildman–Crippen LogP) is 6.98. The number of aliphatic hydroxyl groups is 1. The molecule has 0 radical (unpaired) electrons. The van der Waals surface area contributed by atoms with E-state index in [1.165, 1.54) is 83.5 Å². The van der Waals surface area contributed by atoms with Crippen LogP contribution in [-0.2, 0) is 23.9 Å². The Bertz CT molecular complexity index is 717. The lowest BCUT2D eigenvalue weighted by molar-refractivity contribution is -0.150. The van der Waals surface area contributed by atoms with Gasteiger partial charge in [-0.3, -0.25) is 14.4 Å². The first-order valence-corrected chi connectivity index (χ1v) is 17.4. The monoisotopic (exact) mass is 612 g/mol. The van der Waals surface area contributed by atoms with E-state index in [0.29, 0.717) is 12.8 Å². The summed E-state index contributed by atoms with van der Waals surface area (Å²) < 4.78 is 5.80. The second-order valence-electron chi connectivity index (χ2n) is 12.0. The number of ether oxygens (including phenoxy) is 1. The molecule has 0 saturated carbocycles. The molecular formula is C34H64N2O7. The summed E-state index contributed by atoms with van der Waals surface area (Å²) in [7, 11) is 0. The van der Waals surface area contributed by atoms with Crippen LogP contribution in [0.2, 0.25) is 0 Å². The molecule has 9 nitrogen and oxygen atoms in total. The average Bonchev–Trinajstić information content (AvgIpc) is 2.98. The summed E-state index contributed by atoms with van der Waals surface area (Å²) in [6, 6.07) is -1.39. The van der Waals surface area contributed by atoms with Gasteiger partial charge < -0.3 is 25.6 Å². The third-order valence-corrected chi connectivity index (χ3v) is 7.85. The van der Waals surface area contributed by atoms with Gasteiger partial charge in [0.15, 0.2) is 0 Å². The van der Waals surface area contributed by atoms with Gasteiger partial charge in [0.2, 0.25) is 11.8 Å². The number of amides is 2. The fourth-order valence-corrected chi connectivity index (χ4v) is 5.11. The molecule has 2 atom stereocenters. The Morgan fingerprint density at radius 2 is 1.07 bits per heavy atom. The SMILES string of the molecule is CCCCCCCCCCCCCCCCCC(=O)OC(CCCC)CCCCCC(=O)NCC(=O)NC(CO)C(=O)O. The molecule has 4 N–H and O–H groups in total. The van der Waals surface area contributed by atoms with Gasteiger partial charge in [-0.05, 0) is 32.1 Å². The summed E-state index contributed by atoms with van der Waals surface area (Å²) in [4.78, 5) is 46.9. The van der Waals surface area contributed by atoms with Crippen molar-refractivity contribution < 1.29 is 34.1 Å². The van der Waals surface area contributed by atoms with Gasteiger partial charge in [-0.1, -0.05) is 123 Å². The maximum absolute atomic E-state index is 12.4. The summed E-state index contributed by atoms with van der Waals surface area (Å²) in [5, 5.41) is 22.4. The van der Waals surface area contributed by atoms with Crippen molar-refractivity contribution in [2.45, 2.75) is 180 Å². The average molecular weight is 613 g/mol. The van der Waals surface area contributed by atoms with Crippen molar-refractivity contribution in [2.75, 3.05) is 13.2 Å². The highest BCUT2D eigenvalue weighted by atomic mass is 16.5. The smallest absolute Gasteiger partial charge is 0.328 e. The van der Waals surface area contributed by atoms with Crippen LogP contribution in [0.15, 0.2) is 0 Å². The van der Waals surface area contributed by atoms with E-state index >= 15 is 0 Å². The largest absolute Gasteiger partial charge is 0.480 e. The van der Waals surface area contributed by atoms with Gasteiger partial charge >= 0.3 is 11.9 Å². The molecule has 0 fully saturated rings. The standard InChI is InChI=1S/C34H64N2O7/c1-3-5-7-8-9-10-11-12-13-14-15-16-17-18-22-26-33(40)43-29(23-6-4-2)24-20-19-21-25-31(38)35-27-32(39)36-30(28-37)34(41)42/h29-30,37H,3-28H2,1-2H3,(H,35,38)(H,36,39)(H,41,42). The lowest BCUT2D eigenvalue weighted by Crippen LogP contribution is -2.47. The van der Waals surface area contributed by atoms with Crippen molar-refractivity contribution in [3.8, 4) is 0 Å². The Kier molecular flexibility index (Phi) is 28.4. The van der Waals surface area contributed by atoms with Crippen molar-refractivity contribution in [1.82, 2.24) is 10.6 Å². The number of nitrogens with one attached hydrogen (secondary N) is 2. The highest BCUT2D eigenvalue weighted by Crippen LogP contribution is 2.17. The van der Waals surface area contributed by atoms with Crippen LogP contribution in [0.3, 0.4) is 0 Å². The Balaban J connectivity index is 3.86. The molecule has 0 saturated heterocycles. The number of esters is 1. The van der Waals surface area contributed by atoms with Crippen molar-refractivity contribution in [1.29, 1.82) is 0 Å². The zero-order valence-electron chi connectivity index (χ0n) is 27.5. The van der Waals surface area contributed by atoms with Gasteiger partial charge in [-0.2, -0.15) is 0 Å². The van der Waals surface area contributed by atoms with Crippen LogP contribution in [0, 0.1) is 0 Å². The molecule has 0 aromatic heterocycles. The maximum atomic E-state index is 12.4. The quantitative estimate of drug-likeness (QED) is 0.0489. The number of carboxylic acid groups (broad SMARTS) is 1. The van der Waals surface area contributed by atoms with Crippen LogP contribution in [-0.4, -0.2) is 59.3 Å². The lowest BCUT2D eigenvalue weighted by Gasteiger charge is -2.18. The van der Waals surface area contributed by atoms with E-state index in [-0.39, 0.29) is 30.9 Å². The van der Waals surface area contributed by atoms with Gasteiger partial charge in [0.25, 0.3) is 0 Å². The van der Waals surface area contributed by atoms with E-state index in [2.05, 4.69) is 24.5 Å². The van der Waals surface area contributed by atoms with Gasteiger partial charge in [0.05, 0.1) is 13.2 Å². The highest BCUT2D eigenvalue weighted by Gasteiger charge is 2.19. The van der Waals surface area contributed by atoms with E-state index in [9.17, 15) is 19.2 Å².